The van der Waals surface area contributed by atoms with E-state index < -0.39 is 0 Å². The Hall–Kier alpha value is -9.38. The van der Waals surface area contributed by atoms with E-state index in [-0.39, 0.29) is 5.41 Å². The summed E-state index contributed by atoms with van der Waals surface area (Å²) < 4.78 is 9.63. The Kier molecular flexibility index (Phi) is 9.84. The van der Waals surface area contributed by atoms with Crippen LogP contribution in [0.3, 0.4) is 0 Å². The molecule has 0 N–H and O–H groups in total. The number of hydrogen-bond donors (Lipinski definition) is 0. The lowest BCUT2D eigenvalue weighted by Gasteiger charge is -2.32. The van der Waals surface area contributed by atoms with Crippen molar-refractivity contribution in [2.24, 2.45) is 0 Å². The van der Waals surface area contributed by atoms with Crippen LogP contribution < -0.4 is 9.80 Å². The van der Waals surface area contributed by atoms with Crippen molar-refractivity contribution in [1.82, 2.24) is 4.57 Å². The summed E-state index contributed by atoms with van der Waals surface area (Å²) in [6.45, 7) is 4.72. The summed E-state index contributed by atoms with van der Waals surface area (Å²) in [7, 11) is 0. The number of hydrogen-bond acceptors (Lipinski definition) is 3. The second-order valence-corrected chi connectivity index (χ2v) is 19.7. The smallest absolute Gasteiger partial charge is 0.145 e. The van der Waals surface area contributed by atoms with Crippen molar-refractivity contribution in [1.29, 1.82) is 0 Å². The summed E-state index contributed by atoms with van der Waals surface area (Å²) in [4.78, 5) is 4.87. The summed E-state index contributed by atoms with van der Waals surface area (Å²) in [5.74, 6) is 0. The second-order valence-electron chi connectivity index (χ2n) is 19.7. The number of aromatic nitrogens is 1. The van der Waals surface area contributed by atoms with E-state index in [0.717, 1.165) is 94.9 Å². The molecule has 0 radical (unpaired) electrons. The molecule has 0 saturated carbocycles. The molecule has 13 aromatic rings. The van der Waals surface area contributed by atoms with Gasteiger partial charge in [-0.3, -0.25) is 0 Å². The Labute approximate surface area is 424 Å². The van der Waals surface area contributed by atoms with Crippen LogP contribution in [-0.2, 0) is 5.41 Å². The predicted octanol–water partition coefficient (Wildman–Crippen LogP) is 19.3. The van der Waals surface area contributed by atoms with Gasteiger partial charge in [-0.2, -0.15) is 0 Å². The van der Waals surface area contributed by atoms with Crippen molar-refractivity contribution in [3.8, 4) is 39.1 Å². The minimum Gasteiger partial charge on any atom is -0.455 e. The van der Waals surface area contributed by atoms with Gasteiger partial charge in [0.05, 0.1) is 22.1 Å². The van der Waals surface area contributed by atoms with Crippen LogP contribution in [0.2, 0.25) is 0 Å². The first-order valence-electron chi connectivity index (χ1n) is 25.2. The van der Waals surface area contributed by atoms with Crippen LogP contribution in [0, 0.1) is 0 Å². The molecule has 11 aromatic carbocycles. The molecule has 0 saturated heterocycles. The molecule has 346 valence electrons. The van der Waals surface area contributed by atoms with Gasteiger partial charge < -0.3 is 18.8 Å². The maximum atomic E-state index is 7.21. The van der Waals surface area contributed by atoms with Crippen molar-refractivity contribution in [2.75, 3.05) is 9.80 Å². The molecule has 0 bridgehead atoms. The number of anilines is 6. The van der Waals surface area contributed by atoms with E-state index in [2.05, 4.69) is 289 Å². The SMILES string of the molecule is CC1(C)c2ccccc2-c2c(N(c3ccc(-c4ccccc4)cc3)c3cc(-c4cc5c6ccccc6n(-c6ccccc6)c5c5c4oc4ccccc45)cc(N(c4ccccc4)c4ccccc4)c3)cccc21. The van der Waals surface area contributed by atoms with Crippen molar-refractivity contribution in [3.63, 3.8) is 0 Å². The molecule has 0 unspecified atom stereocenters. The molecule has 2 heterocycles. The van der Waals surface area contributed by atoms with Crippen LogP contribution >= 0.6 is 0 Å². The van der Waals surface area contributed by atoms with E-state index in [9.17, 15) is 0 Å². The van der Waals surface area contributed by atoms with Crippen LogP contribution in [0.25, 0.3) is 82.8 Å². The average molecular weight is 936 g/mol. The van der Waals surface area contributed by atoms with Gasteiger partial charge in [0.2, 0.25) is 0 Å². The zero-order valence-corrected chi connectivity index (χ0v) is 40.6. The zero-order chi connectivity index (χ0) is 48.6. The van der Waals surface area contributed by atoms with Gasteiger partial charge in [0.25, 0.3) is 0 Å². The predicted molar refractivity (Wildman–Crippen MR) is 306 cm³/mol. The molecule has 0 amide bonds. The topological polar surface area (TPSA) is 24.6 Å². The van der Waals surface area contributed by atoms with Gasteiger partial charge in [0.1, 0.15) is 11.2 Å². The molecular formula is C69H49N3O. The third kappa shape index (κ3) is 6.83. The fraction of sp³-hybridized carbons (Fsp3) is 0.0435. The number of furan rings is 1. The van der Waals surface area contributed by atoms with E-state index in [1.54, 1.807) is 0 Å². The first kappa shape index (κ1) is 42.5. The fourth-order valence-corrected chi connectivity index (χ4v) is 11.8. The normalized spacial score (nSPS) is 12.6. The quantitative estimate of drug-likeness (QED) is 0.144. The van der Waals surface area contributed by atoms with E-state index in [4.69, 9.17) is 4.42 Å². The second kappa shape index (κ2) is 16.9. The minimum atomic E-state index is -0.198. The lowest BCUT2D eigenvalue weighted by Crippen LogP contribution is -2.16. The maximum Gasteiger partial charge on any atom is 0.145 e. The van der Waals surface area contributed by atoms with Gasteiger partial charge in [-0.25, -0.2) is 0 Å². The third-order valence-corrected chi connectivity index (χ3v) is 15.1. The van der Waals surface area contributed by atoms with E-state index >= 15 is 0 Å². The Morgan fingerprint density at radius 2 is 0.945 bits per heavy atom. The van der Waals surface area contributed by atoms with Gasteiger partial charge in [-0.1, -0.05) is 184 Å². The molecule has 14 rings (SSSR count). The fourth-order valence-electron chi connectivity index (χ4n) is 11.8. The van der Waals surface area contributed by atoms with Gasteiger partial charge in [0.15, 0.2) is 0 Å². The first-order valence-corrected chi connectivity index (χ1v) is 25.2. The standard InChI is InChI=1S/C69H49N3O/c1-69(2)60-33-18-15-31-56(60)65-61(69)34-21-36-63(65)71(52-40-38-47(39-41-52)46-22-7-3-8-23-46)54-43-48(42-53(44-54)70(49-24-9-4-10-25-49)50-26-11-5-12-27-50)58-45-59-55-30-16-19-35-62(55)72(51-28-13-6-14-29-51)67(59)66-57-32-17-20-37-64(57)73-68(58)66/h3-45H,1-2H3. The minimum absolute atomic E-state index is 0.198. The highest BCUT2D eigenvalue weighted by molar-refractivity contribution is 6.27. The third-order valence-electron chi connectivity index (χ3n) is 15.1. The number of nitrogens with zero attached hydrogens (tertiary/aromatic N) is 3. The highest BCUT2D eigenvalue weighted by Gasteiger charge is 2.38. The monoisotopic (exact) mass is 935 g/mol. The molecule has 1 aliphatic carbocycles. The van der Waals surface area contributed by atoms with Crippen molar-refractivity contribution in [3.05, 3.63) is 272 Å². The van der Waals surface area contributed by atoms with Crippen LogP contribution in [0.1, 0.15) is 25.0 Å². The Bertz CT molecular complexity index is 4170. The largest absolute Gasteiger partial charge is 0.455 e. The lowest BCUT2D eigenvalue weighted by atomic mass is 9.82. The molecule has 0 atom stereocenters. The molecule has 0 fully saturated rings. The Balaban J connectivity index is 1.11. The summed E-state index contributed by atoms with van der Waals surface area (Å²) >= 11 is 0. The Morgan fingerprint density at radius 1 is 0.384 bits per heavy atom. The molecular weight excluding hydrogens is 887 g/mol. The first-order chi connectivity index (χ1) is 36.0. The maximum absolute atomic E-state index is 7.21. The van der Waals surface area contributed by atoms with E-state index in [1.165, 1.54) is 33.2 Å². The van der Waals surface area contributed by atoms with Gasteiger partial charge in [-0.05, 0) is 124 Å². The van der Waals surface area contributed by atoms with Crippen molar-refractivity contribution in [2.45, 2.75) is 19.3 Å². The van der Waals surface area contributed by atoms with Gasteiger partial charge in [-0.15, -0.1) is 0 Å². The summed E-state index contributed by atoms with van der Waals surface area (Å²) in [6.07, 6.45) is 0. The summed E-state index contributed by atoms with van der Waals surface area (Å²) in [5.41, 5.74) is 20.8. The highest BCUT2D eigenvalue weighted by atomic mass is 16.3. The van der Waals surface area contributed by atoms with Crippen molar-refractivity contribution >= 4 is 77.9 Å². The van der Waals surface area contributed by atoms with Crippen LogP contribution in [0.4, 0.5) is 34.1 Å². The van der Waals surface area contributed by atoms with Crippen molar-refractivity contribution < 1.29 is 4.42 Å². The molecule has 73 heavy (non-hydrogen) atoms. The molecule has 4 nitrogen and oxygen atoms in total. The molecule has 2 aromatic heterocycles. The van der Waals surface area contributed by atoms with Gasteiger partial charge >= 0.3 is 0 Å². The van der Waals surface area contributed by atoms with Crippen LogP contribution in [0.5, 0.6) is 0 Å². The lowest BCUT2D eigenvalue weighted by molar-refractivity contribution is 0.660. The van der Waals surface area contributed by atoms with E-state index in [0.29, 0.717) is 0 Å². The number of benzene rings is 11. The molecule has 0 spiro atoms. The Morgan fingerprint density at radius 3 is 1.67 bits per heavy atom. The highest BCUT2D eigenvalue weighted by Crippen LogP contribution is 2.55. The number of rotatable bonds is 9. The zero-order valence-electron chi connectivity index (χ0n) is 40.6. The molecule has 1 aliphatic rings. The molecule has 0 aliphatic heterocycles. The van der Waals surface area contributed by atoms with E-state index in [1.807, 2.05) is 0 Å². The molecule has 4 heteroatoms. The van der Waals surface area contributed by atoms with Crippen LogP contribution in [-0.4, -0.2) is 4.57 Å². The summed E-state index contributed by atoms with van der Waals surface area (Å²) in [6, 6.07) is 94.6. The van der Waals surface area contributed by atoms with Crippen LogP contribution in [0.15, 0.2) is 265 Å². The summed E-state index contributed by atoms with van der Waals surface area (Å²) in [5, 5.41) is 4.52. The number of para-hydroxylation sites is 5. The van der Waals surface area contributed by atoms with Gasteiger partial charge in [0, 0.05) is 66.8 Å². The number of fused-ring (bicyclic) bond motifs is 10. The average Bonchev–Trinajstić information content (AvgIpc) is 4.08.